The van der Waals surface area contributed by atoms with Crippen LogP contribution in [0.5, 0.6) is 5.75 Å². The van der Waals surface area contributed by atoms with Crippen LogP contribution in [0.25, 0.3) is 0 Å². The van der Waals surface area contributed by atoms with E-state index in [0.29, 0.717) is 6.04 Å². The molecule has 0 aliphatic carbocycles. The van der Waals surface area contributed by atoms with Gasteiger partial charge in [-0.15, -0.1) is 0 Å². The van der Waals surface area contributed by atoms with Gasteiger partial charge in [0.05, 0.1) is 6.10 Å². The Morgan fingerprint density at radius 1 is 1.26 bits per heavy atom. The number of hydrogen-bond acceptors (Lipinski definition) is 3. The zero-order chi connectivity index (χ0) is 13.7. The lowest BCUT2D eigenvalue weighted by Gasteiger charge is -2.37. The van der Waals surface area contributed by atoms with Gasteiger partial charge in [0.25, 0.3) is 0 Å². The van der Waals surface area contributed by atoms with Crippen molar-refractivity contribution in [3.63, 3.8) is 0 Å². The molecule has 1 atom stereocenters. The second kappa shape index (κ2) is 6.80. The summed E-state index contributed by atoms with van der Waals surface area (Å²) in [5.41, 5.74) is 7.03. The average molecular weight is 262 g/mol. The van der Waals surface area contributed by atoms with Crippen molar-refractivity contribution in [2.45, 2.75) is 51.7 Å². The quantitative estimate of drug-likeness (QED) is 0.885. The van der Waals surface area contributed by atoms with Crippen LogP contribution < -0.4 is 15.4 Å². The van der Waals surface area contributed by atoms with Crippen LogP contribution in [0.15, 0.2) is 24.3 Å². The van der Waals surface area contributed by atoms with Crippen molar-refractivity contribution >= 4 is 5.69 Å². The maximum absolute atomic E-state index is 5.73. The smallest absolute Gasteiger partial charge is 0.119 e. The van der Waals surface area contributed by atoms with Gasteiger partial charge in [-0.1, -0.05) is 0 Å². The van der Waals surface area contributed by atoms with Crippen LogP contribution in [0.1, 0.15) is 39.5 Å². The maximum atomic E-state index is 5.73. The van der Waals surface area contributed by atoms with Crippen LogP contribution in [0, 0.1) is 0 Å². The van der Waals surface area contributed by atoms with E-state index in [-0.39, 0.29) is 6.10 Å². The molecule has 1 aliphatic heterocycles. The summed E-state index contributed by atoms with van der Waals surface area (Å²) in [4.78, 5) is 2.51. The third kappa shape index (κ3) is 3.87. The zero-order valence-electron chi connectivity index (χ0n) is 12.1. The van der Waals surface area contributed by atoms with Gasteiger partial charge < -0.3 is 15.4 Å². The minimum absolute atomic E-state index is 0.228. The van der Waals surface area contributed by atoms with Crippen LogP contribution in [0.2, 0.25) is 0 Å². The summed E-state index contributed by atoms with van der Waals surface area (Å²) in [6, 6.07) is 9.10. The molecule has 2 rings (SSSR count). The molecule has 0 amide bonds. The fourth-order valence-corrected chi connectivity index (χ4v) is 2.82. The average Bonchev–Trinajstić information content (AvgIpc) is 2.40. The fraction of sp³-hybridized carbons (Fsp3) is 0.625. The molecule has 0 spiro atoms. The van der Waals surface area contributed by atoms with Crippen molar-refractivity contribution in [3.8, 4) is 5.75 Å². The van der Waals surface area contributed by atoms with Crippen molar-refractivity contribution in [2.24, 2.45) is 5.73 Å². The van der Waals surface area contributed by atoms with Crippen LogP contribution >= 0.6 is 0 Å². The van der Waals surface area contributed by atoms with Gasteiger partial charge in [0.1, 0.15) is 5.75 Å². The first kappa shape index (κ1) is 14.2. The summed E-state index contributed by atoms with van der Waals surface area (Å²) < 4.78 is 5.69. The van der Waals surface area contributed by atoms with Gasteiger partial charge in [-0.2, -0.15) is 0 Å². The van der Waals surface area contributed by atoms with Gasteiger partial charge in [-0.3, -0.25) is 0 Å². The van der Waals surface area contributed by atoms with E-state index in [9.17, 15) is 0 Å². The highest BCUT2D eigenvalue weighted by Gasteiger charge is 2.21. The molecule has 1 aromatic rings. The summed E-state index contributed by atoms with van der Waals surface area (Å²) in [6.45, 7) is 6.02. The number of benzene rings is 1. The van der Waals surface area contributed by atoms with Crippen LogP contribution in [0.3, 0.4) is 0 Å². The normalized spacial score (nSPS) is 19.8. The zero-order valence-corrected chi connectivity index (χ0v) is 12.1. The topological polar surface area (TPSA) is 38.5 Å². The number of anilines is 1. The SMILES string of the molecule is CC(C)Oc1ccc(N2CCCCC2CCN)cc1. The lowest BCUT2D eigenvalue weighted by Crippen LogP contribution is -2.40. The van der Waals surface area contributed by atoms with Crippen LogP contribution in [-0.4, -0.2) is 25.2 Å². The van der Waals surface area contributed by atoms with E-state index in [0.717, 1.165) is 25.3 Å². The lowest BCUT2D eigenvalue weighted by atomic mass is 9.98. The highest BCUT2D eigenvalue weighted by Crippen LogP contribution is 2.28. The maximum Gasteiger partial charge on any atom is 0.119 e. The molecule has 19 heavy (non-hydrogen) atoms. The Morgan fingerprint density at radius 2 is 2.00 bits per heavy atom. The van der Waals surface area contributed by atoms with Crippen LogP contribution in [0.4, 0.5) is 5.69 Å². The Bertz CT molecular complexity index is 373. The van der Waals surface area contributed by atoms with E-state index in [1.54, 1.807) is 0 Å². The molecule has 3 heteroatoms. The number of hydrogen-bond donors (Lipinski definition) is 1. The molecule has 2 N–H and O–H groups in total. The third-order valence-corrected chi connectivity index (χ3v) is 3.67. The highest BCUT2D eigenvalue weighted by molar-refractivity contribution is 5.50. The van der Waals surface area contributed by atoms with E-state index >= 15 is 0 Å². The molecule has 1 fully saturated rings. The van der Waals surface area contributed by atoms with Crippen LogP contribution in [-0.2, 0) is 0 Å². The summed E-state index contributed by atoms with van der Waals surface area (Å²) in [6.07, 6.45) is 5.19. The van der Waals surface area contributed by atoms with E-state index in [4.69, 9.17) is 10.5 Å². The number of piperidine rings is 1. The summed E-state index contributed by atoms with van der Waals surface area (Å²) >= 11 is 0. The van der Waals surface area contributed by atoms with Gasteiger partial charge >= 0.3 is 0 Å². The Hall–Kier alpha value is -1.22. The molecule has 1 unspecified atom stereocenters. The van der Waals surface area contributed by atoms with Crippen molar-refractivity contribution in [3.05, 3.63) is 24.3 Å². The highest BCUT2D eigenvalue weighted by atomic mass is 16.5. The van der Waals surface area contributed by atoms with Crippen molar-refractivity contribution in [1.82, 2.24) is 0 Å². The van der Waals surface area contributed by atoms with Gasteiger partial charge in [0.2, 0.25) is 0 Å². The second-order valence-corrected chi connectivity index (χ2v) is 5.58. The van der Waals surface area contributed by atoms with E-state index in [1.165, 1.54) is 24.9 Å². The molecular weight excluding hydrogens is 236 g/mol. The molecule has 3 nitrogen and oxygen atoms in total. The first-order valence-corrected chi connectivity index (χ1v) is 7.44. The minimum Gasteiger partial charge on any atom is -0.491 e. The standard InChI is InChI=1S/C16H26N2O/c1-13(2)19-16-8-6-15(7-9-16)18-12-4-3-5-14(18)10-11-17/h6-9,13-14H,3-5,10-12,17H2,1-2H3. The molecule has 0 saturated carbocycles. The second-order valence-electron chi connectivity index (χ2n) is 5.58. The Morgan fingerprint density at radius 3 is 2.63 bits per heavy atom. The van der Waals surface area contributed by atoms with Crippen molar-refractivity contribution < 1.29 is 4.74 Å². The van der Waals surface area contributed by atoms with Crippen molar-refractivity contribution in [2.75, 3.05) is 18.0 Å². The molecule has 106 valence electrons. The summed E-state index contributed by atoms with van der Waals surface area (Å²) in [5, 5.41) is 0. The molecule has 1 aliphatic rings. The minimum atomic E-state index is 0.228. The lowest BCUT2D eigenvalue weighted by molar-refractivity contribution is 0.242. The monoisotopic (exact) mass is 262 g/mol. The van der Waals surface area contributed by atoms with E-state index in [1.807, 2.05) is 0 Å². The number of rotatable bonds is 5. The van der Waals surface area contributed by atoms with Gasteiger partial charge in [0.15, 0.2) is 0 Å². The molecule has 1 saturated heterocycles. The van der Waals surface area contributed by atoms with E-state index in [2.05, 4.69) is 43.0 Å². The number of ether oxygens (including phenoxy) is 1. The molecule has 1 heterocycles. The Balaban J connectivity index is 2.06. The van der Waals surface area contributed by atoms with E-state index < -0.39 is 0 Å². The molecule has 0 radical (unpaired) electrons. The van der Waals surface area contributed by atoms with Gasteiger partial charge in [-0.05, 0) is 70.3 Å². The Kier molecular flexibility index (Phi) is 5.08. The fourth-order valence-electron chi connectivity index (χ4n) is 2.82. The molecule has 0 aromatic heterocycles. The predicted molar refractivity (Wildman–Crippen MR) is 80.9 cm³/mol. The number of nitrogens with two attached hydrogens (primary N) is 1. The van der Waals surface area contributed by atoms with Crippen molar-refractivity contribution in [1.29, 1.82) is 0 Å². The van der Waals surface area contributed by atoms with Gasteiger partial charge in [0, 0.05) is 18.3 Å². The summed E-state index contributed by atoms with van der Waals surface area (Å²) in [5.74, 6) is 0.950. The summed E-state index contributed by atoms with van der Waals surface area (Å²) in [7, 11) is 0. The largest absolute Gasteiger partial charge is 0.491 e. The molecular formula is C16H26N2O. The third-order valence-electron chi connectivity index (χ3n) is 3.67. The molecule has 1 aromatic carbocycles. The van der Waals surface area contributed by atoms with Gasteiger partial charge in [-0.25, -0.2) is 0 Å². The Labute approximate surface area is 116 Å². The first-order valence-electron chi connectivity index (χ1n) is 7.44. The molecule has 0 bridgehead atoms. The first-order chi connectivity index (χ1) is 9.20. The predicted octanol–water partition coefficient (Wildman–Crippen LogP) is 3.18. The number of nitrogens with zero attached hydrogens (tertiary/aromatic N) is 1.